The first-order valence-electron chi connectivity index (χ1n) is 12.8. The highest BCUT2D eigenvalue weighted by molar-refractivity contribution is 5.44. The predicted octanol–water partition coefficient (Wildman–Crippen LogP) is 4.04. The molecule has 0 aromatic carbocycles. The lowest BCUT2D eigenvalue weighted by Crippen LogP contribution is -2.80. The summed E-state index contributed by atoms with van der Waals surface area (Å²) >= 11 is 0. The Bertz CT molecular complexity index is 912. The molecular weight excluding hydrogens is 428 g/mol. The normalized spacial score (nSPS) is 41.4. The molecule has 0 aromatic heterocycles. The summed E-state index contributed by atoms with van der Waals surface area (Å²) in [6, 6.07) is 0.0552. The van der Waals surface area contributed by atoms with Crippen LogP contribution in [0.25, 0.3) is 0 Å². The summed E-state index contributed by atoms with van der Waals surface area (Å²) in [7, 11) is 3.46. The van der Waals surface area contributed by atoms with Crippen LogP contribution in [0, 0.1) is 39.5 Å². The van der Waals surface area contributed by atoms with E-state index in [1.165, 1.54) is 11.1 Å². The van der Waals surface area contributed by atoms with Crippen LogP contribution in [0.3, 0.4) is 0 Å². The van der Waals surface area contributed by atoms with Crippen LogP contribution in [0.1, 0.15) is 66.7 Å². The Morgan fingerprint density at radius 1 is 1.21 bits per heavy atom. The van der Waals surface area contributed by atoms with Gasteiger partial charge in [-0.1, -0.05) is 38.5 Å². The van der Waals surface area contributed by atoms with Crippen molar-refractivity contribution in [1.29, 1.82) is 5.26 Å². The number of nitrogens with zero attached hydrogens (tertiary/aromatic N) is 2. The lowest BCUT2D eigenvalue weighted by atomic mass is 9.30. The third-order valence-corrected chi connectivity index (χ3v) is 11.0. The highest BCUT2D eigenvalue weighted by Gasteiger charge is 2.78. The molecule has 34 heavy (non-hydrogen) atoms. The van der Waals surface area contributed by atoms with E-state index in [0.717, 1.165) is 32.1 Å². The number of ether oxygens (including phenoxy) is 2. The number of nitriles is 1. The first-order valence-corrected chi connectivity index (χ1v) is 12.8. The number of rotatable bonds is 6. The molecule has 0 aromatic rings. The van der Waals surface area contributed by atoms with Gasteiger partial charge in [-0.15, -0.1) is 0 Å². The zero-order valence-electron chi connectivity index (χ0n) is 22.1. The third kappa shape index (κ3) is 3.00. The van der Waals surface area contributed by atoms with Gasteiger partial charge in [-0.2, -0.15) is 5.26 Å². The second kappa shape index (κ2) is 8.34. The number of aliphatic hydroxyl groups excluding tert-OH is 1. The van der Waals surface area contributed by atoms with Gasteiger partial charge in [0, 0.05) is 56.1 Å². The fourth-order valence-electron chi connectivity index (χ4n) is 8.86. The lowest BCUT2D eigenvalue weighted by molar-refractivity contribution is -0.325. The molecule has 1 saturated heterocycles. The van der Waals surface area contributed by atoms with Crippen LogP contribution in [-0.2, 0) is 9.47 Å². The summed E-state index contributed by atoms with van der Waals surface area (Å²) in [5, 5.41) is 33.3. The second-order valence-corrected chi connectivity index (χ2v) is 12.4. The van der Waals surface area contributed by atoms with E-state index in [-0.39, 0.29) is 40.7 Å². The summed E-state index contributed by atoms with van der Waals surface area (Å²) in [6.45, 7) is 11.7. The van der Waals surface area contributed by atoms with E-state index in [4.69, 9.17) is 9.47 Å². The number of hydrogen-bond donors (Lipinski definition) is 2. The lowest BCUT2D eigenvalue weighted by Gasteiger charge is -2.77. The van der Waals surface area contributed by atoms with Crippen LogP contribution in [-0.4, -0.2) is 66.3 Å². The molecule has 4 fully saturated rings. The van der Waals surface area contributed by atoms with Crippen molar-refractivity contribution in [2.75, 3.05) is 34.0 Å². The molecular formula is C28H44N2O4. The topological polar surface area (TPSA) is 86.0 Å². The van der Waals surface area contributed by atoms with Gasteiger partial charge in [-0.3, -0.25) is 0 Å². The average molecular weight is 473 g/mol. The van der Waals surface area contributed by atoms with Crippen molar-refractivity contribution < 1.29 is 19.7 Å². The van der Waals surface area contributed by atoms with Crippen molar-refractivity contribution in [2.24, 2.45) is 28.1 Å². The van der Waals surface area contributed by atoms with Crippen LogP contribution in [0.2, 0.25) is 0 Å². The van der Waals surface area contributed by atoms with E-state index < -0.39 is 11.2 Å². The van der Waals surface area contributed by atoms with E-state index in [0.29, 0.717) is 13.2 Å². The van der Waals surface area contributed by atoms with Gasteiger partial charge in [-0.05, 0) is 56.9 Å². The Morgan fingerprint density at radius 3 is 2.47 bits per heavy atom. The average Bonchev–Trinajstić information content (AvgIpc) is 2.80. The number of piperidine rings is 1. The molecule has 2 N–H and O–H groups in total. The fraction of sp³-hybridized carbons (Fsp3) is 0.821. The Morgan fingerprint density at radius 2 is 1.91 bits per heavy atom. The van der Waals surface area contributed by atoms with Crippen molar-refractivity contribution in [2.45, 2.75) is 84.0 Å². The molecule has 4 aliphatic carbocycles. The third-order valence-electron chi connectivity index (χ3n) is 11.0. The second-order valence-electron chi connectivity index (χ2n) is 12.4. The van der Waals surface area contributed by atoms with E-state index >= 15 is 0 Å². The summed E-state index contributed by atoms with van der Waals surface area (Å²) in [5.74, 6) is -0.274. The fourth-order valence-corrected chi connectivity index (χ4v) is 8.86. The van der Waals surface area contributed by atoms with Gasteiger partial charge in [0.2, 0.25) is 0 Å². The van der Waals surface area contributed by atoms with Crippen LogP contribution in [0.15, 0.2) is 23.3 Å². The monoisotopic (exact) mass is 472 g/mol. The number of fused-ring (bicyclic) bond motifs is 2. The molecule has 1 unspecified atom stereocenters. The molecule has 3 saturated carbocycles. The molecule has 0 amide bonds. The molecule has 4 bridgehead atoms. The Labute approximate surface area is 205 Å². The highest BCUT2D eigenvalue weighted by Crippen LogP contribution is 2.77. The molecule has 6 nitrogen and oxygen atoms in total. The summed E-state index contributed by atoms with van der Waals surface area (Å²) in [4.78, 5) is 2.00. The van der Waals surface area contributed by atoms with E-state index in [9.17, 15) is 15.5 Å². The van der Waals surface area contributed by atoms with Gasteiger partial charge < -0.3 is 24.6 Å². The van der Waals surface area contributed by atoms with E-state index in [2.05, 4.69) is 40.0 Å². The molecule has 5 rings (SSSR count). The maximum absolute atomic E-state index is 12.1. The minimum Gasteiger partial charge on any atom is -0.396 e. The summed E-state index contributed by atoms with van der Waals surface area (Å²) < 4.78 is 11.7. The van der Waals surface area contributed by atoms with Crippen LogP contribution < -0.4 is 0 Å². The molecule has 5 aliphatic rings. The van der Waals surface area contributed by atoms with E-state index in [1.807, 2.05) is 17.9 Å². The minimum atomic E-state index is -0.993. The van der Waals surface area contributed by atoms with Crippen LogP contribution >= 0.6 is 0 Å². The Balaban J connectivity index is 1.98. The number of methoxy groups -OCH3 is 2. The van der Waals surface area contributed by atoms with E-state index in [1.54, 1.807) is 14.2 Å². The number of allylic oxidation sites excluding steroid dienone is 2. The maximum atomic E-state index is 12.1. The largest absolute Gasteiger partial charge is 0.396 e. The smallest absolute Gasteiger partial charge is 0.179 e. The number of hydrogen-bond acceptors (Lipinski definition) is 6. The number of likely N-dealkylation sites (tertiary alicyclic amines) is 1. The maximum Gasteiger partial charge on any atom is 0.179 e. The Hall–Kier alpha value is -1.39. The predicted molar refractivity (Wildman–Crippen MR) is 132 cm³/mol. The van der Waals surface area contributed by atoms with Gasteiger partial charge in [-0.25, -0.2) is 0 Å². The van der Waals surface area contributed by atoms with Gasteiger partial charge in [0.05, 0.1) is 17.8 Å². The van der Waals surface area contributed by atoms with Gasteiger partial charge in [0.1, 0.15) is 0 Å². The number of aliphatic hydroxyl groups is 2. The van der Waals surface area contributed by atoms with Crippen molar-refractivity contribution in [3.8, 4) is 6.19 Å². The molecule has 7 atom stereocenters. The van der Waals surface area contributed by atoms with Gasteiger partial charge in [0.15, 0.2) is 6.19 Å². The first kappa shape index (κ1) is 25.7. The molecule has 1 spiro atoms. The van der Waals surface area contributed by atoms with Crippen molar-refractivity contribution in [3.63, 3.8) is 0 Å². The zero-order valence-corrected chi connectivity index (χ0v) is 22.1. The van der Waals surface area contributed by atoms with Crippen molar-refractivity contribution >= 4 is 0 Å². The highest BCUT2D eigenvalue weighted by atomic mass is 16.5. The van der Waals surface area contributed by atoms with Crippen LogP contribution in [0.4, 0.5) is 0 Å². The summed E-state index contributed by atoms with van der Waals surface area (Å²) in [5.41, 5.74) is 0.176. The van der Waals surface area contributed by atoms with Crippen molar-refractivity contribution in [1.82, 2.24) is 4.90 Å². The van der Waals surface area contributed by atoms with Gasteiger partial charge >= 0.3 is 0 Å². The Kier molecular flexibility index (Phi) is 6.30. The first-order chi connectivity index (χ1) is 15.9. The molecule has 0 radical (unpaired) electrons. The molecule has 1 heterocycles. The minimum absolute atomic E-state index is 0.0119. The molecule has 6 heteroatoms. The summed E-state index contributed by atoms with van der Waals surface area (Å²) in [6.07, 6.45) is 10.9. The SMILES string of the molecule is COC/C=C\C1=C(C)[C@@]23CCN(C#N)C(C1)[C@@]21CC[C@@](OC)([C@H]([C@](C)(O)C(C)(C)C)C1)[C@H]3CO. The van der Waals surface area contributed by atoms with Crippen LogP contribution in [0.5, 0.6) is 0 Å². The zero-order chi connectivity index (χ0) is 25.2. The quantitative estimate of drug-likeness (QED) is 0.568. The molecule has 190 valence electrons. The molecule has 1 aliphatic heterocycles. The standard InChI is InChI=1S/C28H44N2O4/c1-19-20(9-8-14-33-6)15-23-26-10-11-28(34-7,21(16-26)25(5,32)24(2,3)4)22(17-31)27(19,26)12-13-30(23)18-29/h8-9,21-23,31-32H,10-17H2,1-7H3/b9-8-/t21-,22-,23?,25-,26-,27+,28+/m0/s1. The van der Waals surface area contributed by atoms with Crippen molar-refractivity contribution in [3.05, 3.63) is 23.3 Å². The van der Waals surface area contributed by atoms with Gasteiger partial charge in [0.25, 0.3) is 0 Å².